The number of ether oxygens (including phenoxy) is 1. The predicted octanol–water partition coefficient (Wildman–Crippen LogP) is 6.39. The minimum atomic E-state index is -0.214. The number of carbonyl (C=O) groups excluding carboxylic acids is 1. The Balaban J connectivity index is 1.52. The SMILES string of the molecule is COc1ccc(Br)cc1/C=C\C(=O)Nc1cccc(-c2nc3ccccc3s2)c1. The topological polar surface area (TPSA) is 51.2 Å². The number of fused-ring (bicyclic) bond motifs is 1. The molecule has 0 fully saturated rings. The zero-order chi connectivity index (χ0) is 20.2. The number of halogens is 1. The Kier molecular flexibility index (Phi) is 5.74. The van der Waals surface area contributed by atoms with Crippen molar-refractivity contribution in [2.24, 2.45) is 0 Å². The molecule has 0 aliphatic carbocycles. The maximum Gasteiger partial charge on any atom is 0.248 e. The first kappa shape index (κ1) is 19.4. The van der Waals surface area contributed by atoms with Crippen LogP contribution in [0.2, 0.25) is 0 Å². The fourth-order valence-corrected chi connectivity index (χ4v) is 4.25. The molecule has 4 aromatic rings. The van der Waals surface area contributed by atoms with E-state index in [0.29, 0.717) is 5.75 Å². The first-order valence-corrected chi connectivity index (χ1v) is 10.5. The van der Waals surface area contributed by atoms with Crippen LogP contribution in [0, 0.1) is 0 Å². The molecular weight excluding hydrogens is 448 g/mol. The fourth-order valence-electron chi connectivity index (χ4n) is 2.91. The number of rotatable bonds is 5. The summed E-state index contributed by atoms with van der Waals surface area (Å²) in [6.45, 7) is 0. The molecule has 1 amide bonds. The summed E-state index contributed by atoms with van der Waals surface area (Å²) in [5, 5.41) is 3.83. The van der Waals surface area contributed by atoms with Crippen LogP contribution in [0.4, 0.5) is 5.69 Å². The van der Waals surface area contributed by atoms with Crippen molar-refractivity contribution in [3.63, 3.8) is 0 Å². The first-order chi connectivity index (χ1) is 14.1. The molecule has 0 spiro atoms. The molecule has 0 saturated carbocycles. The lowest BCUT2D eigenvalue weighted by Crippen LogP contribution is -2.07. The van der Waals surface area contributed by atoms with Crippen molar-refractivity contribution in [1.82, 2.24) is 4.98 Å². The van der Waals surface area contributed by atoms with Crippen molar-refractivity contribution in [3.8, 4) is 16.3 Å². The molecule has 29 heavy (non-hydrogen) atoms. The molecule has 6 heteroatoms. The number of anilines is 1. The van der Waals surface area contributed by atoms with Crippen molar-refractivity contribution in [2.45, 2.75) is 0 Å². The number of thiazole rings is 1. The van der Waals surface area contributed by atoms with Crippen molar-refractivity contribution in [1.29, 1.82) is 0 Å². The maximum absolute atomic E-state index is 12.4. The molecule has 0 atom stereocenters. The van der Waals surface area contributed by atoms with E-state index in [0.717, 1.165) is 36.5 Å². The van der Waals surface area contributed by atoms with Crippen molar-refractivity contribution < 1.29 is 9.53 Å². The Labute approximate surface area is 181 Å². The van der Waals surface area contributed by atoms with Crippen LogP contribution in [-0.4, -0.2) is 18.0 Å². The number of nitrogens with one attached hydrogen (secondary N) is 1. The summed E-state index contributed by atoms with van der Waals surface area (Å²) in [7, 11) is 1.61. The van der Waals surface area contributed by atoms with Crippen LogP contribution in [0.3, 0.4) is 0 Å². The first-order valence-electron chi connectivity index (χ1n) is 8.91. The lowest BCUT2D eigenvalue weighted by Gasteiger charge is -2.06. The monoisotopic (exact) mass is 464 g/mol. The molecule has 4 nitrogen and oxygen atoms in total. The van der Waals surface area contributed by atoms with Crippen LogP contribution in [0.25, 0.3) is 26.9 Å². The Morgan fingerprint density at radius 1 is 1.10 bits per heavy atom. The van der Waals surface area contributed by atoms with Gasteiger partial charge in [-0.05, 0) is 48.5 Å². The van der Waals surface area contributed by atoms with Crippen molar-refractivity contribution in [2.75, 3.05) is 12.4 Å². The Morgan fingerprint density at radius 2 is 1.97 bits per heavy atom. The molecule has 0 unspecified atom stereocenters. The summed E-state index contributed by atoms with van der Waals surface area (Å²) in [5.41, 5.74) is 3.49. The second-order valence-corrected chi connectivity index (χ2v) is 8.22. The van der Waals surface area contributed by atoms with E-state index in [1.807, 2.05) is 60.7 Å². The van der Waals surface area contributed by atoms with Crippen molar-refractivity contribution >= 4 is 55.2 Å². The average Bonchev–Trinajstić information content (AvgIpc) is 3.17. The summed E-state index contributed by atoms with van der Waals surface area (Å²) >= 11 is 5.07. The minimum Gasteiger partial charge on any atom is -0.496 e. The van der Waals surface area contributed by atoms with E-state index in [-0.39, 0.29) is 5.91 Å². The highest BCUT2D eigenvalue weighted by Gasteiger charge is 2.07. The highest BCUT2D eigenvalue weighted by molar-refractivity contribution is 9.10. The lowest BCUT2D eigenvalue weighted by atomic mass is 10.2. The van der Waals surface area contributed by atoms with E-state index >= 15 is 0 Å². The van der Waals surface area contributed by atoms with E-state index < -0.39 is 0 Å². The molecule has 0 aliphatic rings. The number of para-hydroxylation sites is 1. The van der Waals surface area contributed by atoms with E-state index in [1.165, 1.54) is 6.08 Å². The second kappa shape index (κ2) is 8.59. The van der Waals surface area contributed by atoms with Gasteiger partial charge in [0, 0.05) is 27.4 Å². The Morgan fingerprint density at radius 3 is 2.79 bits per heavy atom. The Hall–Kier alpha value is -2.96. The molecule has 0 saturated heterocycles. The number of amides is 1. The van der Waals surface area contributed by atoms with Gasteiger partial charge in [0.15, 0.2) is 0 Å². The predicted molar refractivity (Wildman–Crippen MR) is 123 cm³/mol. The molecule has 0 aliphatic heterocycles. The van der Waals surface area contributed by atoms with E-state index in [2.05, 4.69) is 32.3 Å². The largest absolute Gasteiger partial charge is 0.496 e. The number of hydrogen-bond acceptors (Lipinski definition) is 4. The smallest absolute Gasteiger partial charge is 0.248 e. The highest BCUT2D eigenvalue weighted by Crippen LogP contribution is 2.31. The fraction of sp³-hybridized carbons (Fsp3) is 0.0435. The van der Waals surface area contributed by atoms with Gasteiger partial charge in [-0.3, -0.25) is 4.79 Å². The molecule has 144 valence electrons. The normalized spacial score (nSPS) is 11.1. The highest BCUT2D eigenvalue weighted by atomic mass is 79.9. The third-order valence-electron chi connectivity index (χ3n) is 4.28. The van der Waals surface area contributed by atoms with Crippen LogP contribution in [0.15, 0.2) is 77.3 Å². The number of carbonyl (C=O) groups is 1. The van der Waals surface area contributed by atoms with Gasteiger partial charge in [-0.2, -0.15) is 0 Å². The summed E-state index contributed by atoms with van der Waals surface area (Å²) < 4.78 is 7.39. The lowest BCUT2D eigenvalue weighted by molar-refractivity contribution is -0.111. The third kappa shape index (κ3) is 4.55. The third-order valence-corrected chi connectivity index (χ3v) is 5.86. The summed E-state index contributed by atoms with van der Waals surface area (Å²) in [4.78, 5) is 17.1. The second-order valence-electron chi connectivity index (χ2n) is 6.28. The minimum absolute atomic E-state index is 0.214. The molecular formula is C23H17BrN2O2S. The van der Waals surface area contributed by atoms with Crippen LogP contribution in [0.5, 0.6) is 5.75 Å². The van der Waals surface area contributed by atoms with Gasteiger partial charge in [-0.1, -0.05) is 40.2 Å². The standard InChI is InChI=1S/C23H17BrN2O2S/c1-28-20-11-10-17(24)13-15(20)9-12-22(27)25-18-6-4-5-16(14-18)23-26-19-7-2-3-8-21(19)29-23/h2-14H,1H3,(H,25,27)/b12-9-. The van der Waals surface area contributed by atoms with Crippen LogP contribution in [-0.2, 0) is 4.79 Å². The summed E-state index contributed by atoms with van der Waals surface area (Å²) in [5.74, 6) is 0.489. The van der Waals surface area contributed by atoms with Gasteiger partial charge in [-0.15, -0.1) is 11.3 Å². The van der Waals surface area contributed by atoms with Crippen LogP contribution < -0.4 is 10.1 Å². The molecule has 1 N–H and O–H groups in total. The summed E-state index contributed by atoms with van der Waals surface area (Å²) in [6, 6.07) is 21.4. The average molecular weight is 465 g/mol. The van der Waals surface area contributed by atoms with E-state index in [1.54, 1.807) is 24.5 Å². The quantitative estimate of drug-likeness (QED) is 0.348. The van der Waals surface area contributed by atoms with Crippen LogP contribution in [0.1, 0.15) is 5.56 Å². The van der Waals surface area contributed by atoms with Gasteiger partial charge < -0.3 is 10.1 Å². The summed E-state index contributed by atoms with van der Waals surface area (Å²) in [6.07, 6.45) is 3.23. The number of benzene rings is 3. The van der Waals surface area contributed by atoms with Gasteiger partial charge in [0.25, 0.3) is 0 Å². The molecule has 0 radical (unpaired) electrons. The van der Waals surface area contributed by atoms with Gasteiger partial charge >= 0.3 is 0 Å². The van der Waals surface area contributed by atoms with E-state index in [9.17, 15) is 4.79 Å². The number of aromatic nitrogens is 1. The number of nitrogens with zero attached hydrogens (tertiary/aromatic N) is 1. The number of hydrogen-bond donors (Lipinski definition) is 1. The van der Waals surface area contributed by atoms with Crippen molar-refractivity contribution in [3.05, 3.63) is 82.8 Å². The van der Waals surface area contributed by atoms with Gasteiger partial charge in [-0.25, -0.2) is 4.98 Å². The van der Waals surface area contributed by atoms with Crippen LogP contribution >= 0.6 is 27.3 Å². The number of methoxy groups -OCH3 is 1. The zero-order valence-corrected chi connectivity index (χ0v) is 18.0. The van der Waals surface area contributed by atoms with Gasteiger partial charge in [0.1, 0.15) is 10.8 Å². The molecule has 1 aromatic heterocycles. The zero-order valence-electron chi connectivity index (χ0n) is 15.6. The van der Waals surface area contributed by atoms with Gasteiger partial charge in [0.2, 0.25) is 5.91 Å². The maximum atomic E-state index is 12.4. The molecule has 1 heterocycles. The van der Waals surface area contributed by atoms with Gasteiger partial charge in [0.05, 0.1) is 17.3 Å². The van der Waals surface area contributed by atoms with E-state index in [4.69, 9.17) is 4.74 Å². The molecule has 4 rings (SSSR count). The molecule has 0 bridgehead atoms. The Bertz CT molecular complexity index is 1180. The molecule has 3 aromatic carbocycles.